The van der Waals surface area contributed by atoms with Crippen LogP contribution in [0.3, 0.4) is 0 Å². The van der Waals surface area contributed by atoms with Gasteiger partial charge in [-0.1, -0.05) is 23.7 Å². The van der Waals surface area contributed by atoms with Crippen molar-refractivity contribution in [2.75, 3.05) is 13.5 Å². The Labute approximate surface area is 147 Å². The van der Waals surface area contributed by atoms with Gasteiger partial charge in [0.15, 0.2) is 0 Å². The first kappa shape index (κ1) is 18.0. The van der Waals surface area contributed by atoms with Crippen molar-refractivity contribution >= 4 is 18.6 Å². The Balaban J connectivity index is 0.00000256. The van der Waals surface area contributed by atoms with Gasteiger partial charge in [0.05, 0.1) is 0 Å². The monoisotopic (exact) mass is 289 g/mol. The Kier molecular flexibility index (Phi) is 7.95. The van der Waals surface area contributed by atoms with Crippen molar-refractivity contribution in [3.63, 3.8) is 0 Å². The fourth-order valence-corrected chi connectivity index (χ4v) is 1.70. The Morgan fingerprint density at radius 2 is 1.94 bits per heavy atom. The third-order valence-corrected chi connectivity index (χ3v) is 2.72. The molecule has 0 aromatic heterocycles. The molecule has 7 heteroatoms. The van der Waals surface area contributed by atoms with Gasteiger partial charge in [-0.15, -0.1) is 0 Å². The molecule has 0 saturated heterocycles. The van der Waals surface area contributed by atoms with Gasteiger partial charge in [-0.25, -0.2) is 0 Å². The molecular weight excluding hydrogens is 276 g/mol. The molecule has 1 unspecified atom stereocenters. The van der Waals surface area contributed by atoms with Crippen molar-refractivity contribution < 1.29 is 64.3 Å². The second-order valence-corrected chi connectivity index (χ2v) is 4.32. The molecule has 0 aliphatic carbocycles. The van der Waals surface area contributed by atoms with Crippen LogP contribution < -0.4 is 51.4 Å². The molecule has 1 rings (SSSR count). The molecule has 0 amide bonds. The van der Waals surface area contributed by atoms with E-state index >= 15 is 0 Å². The zero-order valence-electron chi connectivity index (χ0n) is 10.1. The normalized spacial score (nSPS) is 13.4. The van der Waals surface area contributed by atoms with Crippen molar-refractivity contribution in [3.8, 4) is 0 Å². The summed E-state index contributed by atoms with van der Waals surface area (Å²) >= 11 is 5.79. The van der Waals surface area contributed by atoms with Crippen molar-refractivity contribution in [1.82, 2.24) is 4.90 Å². The second kappa shape index (κ2) is 7.53. The molecular formula is C10H13BClF3KN. The quantitative estimate of drug-likeness (QED) is 0.739. The van der Waals surface area contributed by atoms with Crippen LogP contribution in [0.4, 0.5) is 12.9 Å². The summed E-state index contributed by atoms with van der Waals surface area (Å²) < 4.78 is 36.8. The number of hydrogen-bond donors (Lipinski definition) is 0. The van der Waals surface area contributed by atoms with E-state index in [9.17, 15) is 12.9 Å². The van der Waals surface area contributed by atoms with E-state index < -0.39 is 13.4 Å². The van der Waals surface area contributed by atoms with Crippen LogP contribution >= 0.6 is 11.6 Å². The van der Waals surface area contributed by atoms with E-state index in [-0.39, 0.29) is 57.4 Å². The molecule has 0 fully saturated rings. The topological polar surface area (TPSA) is 3.24 Å². The Hall–Kier alpha value is 0.961. The molecule has 1 atom stereocenters. The SMILES string of the molecule is CC(c1cccc(Cl)c1)N(C)C[B-](F)(F)F.[K+]. The van der Waals surface area contributed by atoms with Crippen LogP contribution in [0, 0.1) is 0 Å². The number of rotatable bonds is 4. The molecule has 0 radical (unpaired) electrons. The molecule has 0 aliphatic heterocycles. The van der Waals surface area contributed by atoms with E-state index in [1.807, 2.05) is 0 Å². The van der Waals surface area contributed by atoms with Crippen molar-refractivity contribution in [3.05, 3.63) is 34.9 Å². The zero-order valence-corrected chi connectivity index (χ0v) is 14.0. The van der Waals surface area contributed by atoms with Gasteiger partial charge in [0.1, 0.15) is 0 Å². The van der Waals surface area contributed by atoms with Gasteiger partial charge < -0.3 is 17.8 Å². The minimum absolute atomic E-state index is 0. The Morgan fingerprint density at radius 1 is 1.35 bits per heavy atom. The summed E-state index contributed by atoms with van der Waals surface area (Å²) in [5, 5.41) is 0.537. The fraction of sp³-hybridized carbons (Fsp3) is 0.400. The van der Waals surface area contributed by atoms with Gasteiger partial charge in [-0.05, 0) is 38.1 Å². The van der Waals surface area contributed by atoms with Crippen LogP contribution in [0.15, 0.2) is 24.3 Å². The Morgan fingerprint density at radius 3 is 2.41 bits per heavy atom. The summed E-state index contributed by atoms with van der Waals surface area (Å²) in [6.45, 7) is -3.06. The van der Waals surface area contributed by atoms with E-state index in [1.54, 1.807) is 31.2 Å². The van der Waals surface area contributed by atoms with Crippen molar-refractivity contribution in [1.29, 1.82) is 0 Å². The molecule has 17 heavy (non-hydrogen) atoms. The van der Waals surface area contributed by atoms with Crippen LogP contribution in [-0.4, -0.2) is 25.4 Å². The van der Waals surface area contributed by atoms with Gasteiger partial charge in [0.25, 0.3) is 0 Å². The van der Waals surface area contributed by atoms with Crippen LogP contribution in [0.5, 0.6) is 0 Å². The van der Waals surface area contributed by atoms with Crippen LogP contribution in [0.2, 0.25) is 5.02 Å². The molecule has 0 aliphatic rings. The van der Waals surface area contributed by atoms with E-state index in [0.29, 0.717) is 5.02 Å². The van der Waals surface area contributed by atoms with Gasteiger partial charge in [0.2, 0.25) is 0 Å². The molecule has 0 bridgehead atoms. The van der Waals surface area contributed by atoms with Crippen molar-refractivity contribution in [2.24, 2.45) is 0 Å². The largest absolute Gasteiger partial charge is 1.00 e. The number of benzene rings is 1. The summed E-state index contributed by atoms with van der Waals surface area (Å²) in [6, 6.07) is 6.59. The van der Waals surface area contributed by atoms with Crippen molar-refractivity contribution in [2.45, 2.75) is 13.0 Å². The molecule has 1 nitrogen and oxygen atoms in total. The van der Waals surface area contributed by atoms with Gasteiger partial charge in [-0.3, -0.25) is 0 Å². The molecule has 0 heterocycles. The Bertz CT molecular complexity index is 362. The predicted molar refractivity (Wildman–Crippen MR) is 61.6 cm³/mol. The minimum atomic E-state index is -4.79. The first-order chi connectivity index (χ1) is 7.29. The molecule has 0 saturated carbocycles. The molecule has 0 spiro atoms. The van der Waals surface area contributed by atoms with Gasteiger partial charge in [-0.2, -0.15) is 0 Å². The third-order valence-electron chi connectivity index (χ3n) is 2.49. The molecule has 90 valence electrons. The van der Waals surface area contributed by atoms with E-state index in [1.165, 1.54) is 11.9 Å². The number of halogens is 4. The van der Waals surface area contributed by atoms with Crippen LogP contribution in [0.1, 0.15) is 18.5 Å². The first-order valence-electron chi connectivity index (χ1n) is 4.96. The number of hydrogen-bond acceptors (Lipinski definition) is 1. The van der Waals surface area contributed by atoms with Gasteiger partial charge >= 0.3 is 58.4 Å². The summed E-state index contributed by atoms with van der Waals surface area (Å²) in [6.07, 6.45) is -0.867. The zero-order chi connectivity index (χ0) is 12.3. The molecule has 1 aromatic rings. The summed E-state index contributed by atoms with van der Waals surface area (Å²) in [5.41, 5.74) is 0.787. The second-order valence-electron chi connectivity index (χ2n) is 3.88. The maximum Gasteiger partial charge on any atom is 1.00 e. The summed E-state index contributed by atoms with van der Waals surface area (Å²) in [5.74, 6) is 0. The average molecular weight is 290 g/mol. The van der Waals surface area contributed by atoms with Crippen LogP contribution in [0.25, 0.3) is 0 Å². The first-order valence-corrected chi connectivity index (χ1v) is 5.34. The maximum atomic E-state index is 12.3. The maximum absolute atomic E-state index is 12.3. The van der Waals surface area contributed by atoms with Gasteiger partial charge in [0, 0.05) is 11.1 Å². The van der Waals surface area contributed by atoms with E-state index in [0.717, 1.165) is 5.56 Å². The minimum Gasteiger partial charge on any atom is -0.448 e. The smallest absolute Gasteiger partial charge is 0.448 e. The average Bonchev–Trinajstić information content (AvgIpc) is 2.14. The summed E-state index contributed by atoms with van der Waals surface area (Å²) in [4.78, 5) is 1.27. The third kappa shape index (κ3) is 6.61. The molecule has 0 N–H and O–H groups in total. The van der Waals surface area contributed by atoms with E-state index in [2.05, 4.69) is 0 Å². The number of nitrogens with zero attached hydrogens (tertiary/aromatic N) is 1. The van der Waals surface area contributed by atoms with Crippen LogP contribution in [-0.2, 0) is 0 Å². The predicted octanol–water partition coefficient (Wildman–Crippen LogP) is 0.723. The summed E-state index contributed by atoms with van der Waals surface area (Å²) in [7, 11) is 1.46. The van der Waals surface area contributed by atoms with E-state index in [4.69, 9.17) is 11.6 Å². The fourth-order valence-electron chi connectivity index (χ4n) is 1.51. The standard InChI is InChI=1S/C10H13BClF3N.K/c1-8(16(2)7-11(13,14)15)9-4-3-5-10(12)6-9;/h3-6,8H,7H2,1-2H3;/q-1;+1. The molecule has 1 aromatic carbocycles.